The lowest BCUT2D eigenvalue weighted by atomic mass is 10.1. The van der Waals surface area contributed by atoms with E-state index < -0.39 is 4.92 Å². The first-order chi connectivity index (χ1) is 11.6. The summed E-state index contributed by atoms with van der Waals surface area (Å²) in [5.74, 6) is -0.283. The van der Waals surface area contributed by atoms with Gasteiger partial charge in [0, 0.05) is 18.7 Å². The molecular weight excluding hydrogens is 328 g/mol. The molecule has 5 nitrogen and oxygen atoms in total. The molecule has 1 rings (SSSR count). The van der Waals surface area contributed by atoms with Crippen molar-refractivity contribution in [1.29, 1.82) is 0 Å². The van der Waals surface area contributed by atoms with Crippen molar-refractivity contribution in [1.82, 2.24) is 5.32 Å². The van der Waals surface area contributed by atoms with Gasteiger partial charge < -0.3 is 5.32 Å². The topological polar surface area (TPSA) is 72.2 Å². The molecular formula is C18H27ClN2O3. The van der Waals surface area contributed by atoms with Gasteiger partial charge in [-0.2, -0.15) is 0 Å². The minimum atomic E-state index is -0.532. The van der Waals surface area contributed by atoms with Crippen LogP contribution in [0.5, 0.6) is 0 Å². The third-order valence-electron chi connectivity index (χ3n) is 3.97. The van der Waals surface area contributed by atoms with Crippen LogP contribution < -0.4 is 5.32 Å². The molecule has 24 heavy (non-hydrogen) atoms. The molecule has 0 fully saturated rings. The van der Waals surface area contributed by atoms with Crippen LogP contribution in [0.3, 0.4) is 0 Å². The average Bonchev–Trinajstić information content (AvgIpc) is 2.56. The molecule has 0 aromatic heterocycles. The zero-order valence-corrected chi connectivity index (χ0v) is 15.1. The van der Waals surface area contributed by atoms with Gasteiger partial charge in [-0.15, -0.1) is 0 Å². The number of amides is 1. The van der Waals surface area contributed by atoms with Crippen LogP contribution in [0.1, 0.15) is 75.1 Å². The molecule has 0 aliphatic rings. The summed E-state index contributed by atoms with van der Waals surface area (Å²) in [6, 6.07) is 3.89. The molecule has 0 radical (unpaired) electrons. The van der Waals surface area contributed by atoms with Gasteiger partial charge in [-0.3, -0.25) is 14.9 Å². The second-order valence-corrected chi connectivity index (χ2v) is 6.41. The van der Waals surface area contributed by atoms with Gasteiger partial charge in [0.25, 0.3) is 11.6 Å². The Kier molecular flexibility index (Phi) is 10.1. The van der Waals surface area contributed by atoms with Gasteiger partial charge in [-0.25, -0.2) is 0 Å². The maximum absolute atomic E-state index is 12.0. The van der Waals surface area contributed by atoms with E-state index in [0.29, 0.717) is 6.54 Å². The van der Waals surface area contributed by atoms with Crippen LogP contribution in [-0.2, 0) is 0 Å². The Morgan fingerprint density at radius 1 is 1.08 bits per heavy atom. The largest absolute Gasteiger partial charge is 0.352 e. The summed E-state index contributed by atoms with van der Waals surface area (Å²) in [7, 11) is 0. The van der Waals surface area contributed by atoms with Gasteiger partial charge >= 0.3 is 0 Å². The lowest BCUT2D eigenvalue weighted by molar-refractivity contribution is -0.384. The normalized spacial score (nSPS) is 10.6. The highest BCUT2D eigenvalue weighted by Gasteiger charge is 2.14. The zero-order valence-electron chi connectivity index (χ0n) is 14.4. The smallest absolute Gasteiger partial charge is 0.270 e. The standard InChI is InChI=1S/C18H27ClN2O3/c1-2-3-4-5-6-7-8-9-10-13-20-18(22)16-12-11-15(21(23)24)14-17(16)19/h11-12,14H,2-10,13H2,1H3,(H,20,22). The first kappa shape index (κ1) is 20.4. The Hall–Kier alpha value is -1.62. The van der Waals surface area contributed by atoms with Crippen molar-refractivity contribution in [2.75, 3.05) is 6.54 Å². The van der Waals surface area contributed by atoms with E-state index in [1.165, 1.54) is 63.1 Å². The van der Waals surface area contributed by atoms with E-state index in [4.69, 9.17) is 11.6 Å². The van der Waals surface area contributed by atoms with E-state index in [0.717, 1.165) is 12.8 Å². The van der Waals surface area contributed by atoms with E-state index in [1.807, 2.05) is 0 Å². The van der Waals surface area contributed by atoms with Crippen LogP contribution in [0, 0.1) is 10.1 Å². The third-order valence-corrected chi connectivity index (χ3v) is 4.29. The number of non-ortho nitro benzene ring substituents is 1. The van der Waals surface area contributed by atoms with Crippen molar-refractivity contribution in [3.05, 3.63) is 38.9 Å². The molecule has 1 aromatic rings. The molecule has 0 spiro atoms. The van der Waals surface area contributed by atoms with E-state index in [-0.39, 0.29) is 22.2 Å². The molecule has 0 aliphatic carbocycles. The van der Waals surface area contributed by atoms with Crippen molar-refractivity contribution < 1.29 is 9.72 Å². The van der Waals surface area contributed by atoms with Crippen LogP contribution in [0.15, 0.2) is 18.2 Å². The van der Waals surface area contributed by atoms with E-state index in [1.54, 1.807) is 0 Å². The summed E-state index contributed by atoms with van der Waals surface area (Å²) in [4.78, 5) is 22.1. The number of unbranched alkanes of at least 4 members (excludes halogenated alkanes) is 8. The first-order valence-corrected chi connectivity index (χ1v) is 9.16. The van der Waals surface area contributed by atoms with Gasteiger partial charge in [-0.05, 0) is 12.5 Å². The Bertz CT molecular complexity index is 535. The Balaban J connectivity index is 2.17. The van der Waals surface area contributed by atoms with E-state index in [9.17, 15) is 14.9 Å². The van der Waals surface area contributed by atoms with Crippen LogP contribution in [0.4, 0.5) is 5.69 Å². The summed E-state index contributed by atoms with van der Waals surface area (Å²) >= 11 is 5.94. The van der Waals surface area contributed by atoms with E-state index >= 15 is 0 Å². The van der Waals surface area contributed by atoms with E-state index in [2.05, 4.69) is 12.2 Å². The van der Waals surface area contributed by atoms with Gasteiger partial charge in [-0.1, -0.05) is 69.9 Å². The minimum Gasteiger partial charge on any atom is -0.352 e. The Morgan fingerprint density at radius 3 is 2.21 bits per heavy atom. The molecule has 0 aliphatic heterocycles. The second kappa shape index (κ2) is 11.8. The SMILES string of the molecule is CCCCCCCCCCCNC(=O)c1ccc([N+](=O)[O-])cc1Cl. The minimum absolute atomic E-state index is 0.105. The number of halogens is 1. The molecule has 1 aromatic carbocycles. The maximum Gasteiger partial charge on any atom is 0.270 e. The second-order valence-electron chi connectivity index (χ2n) is 6.01. The van der Waals surface area contributed by atoms with Crippen LogP contribution in [-0.4, -0.2) is 17.4 Å². The van der Waals surface area contributed by atoms with Gasteiger partial charge in [0.2, 0.25) is 0 Å². The van der Waals surface area contributed by atoms with Crippen LogP contribution in [0.25, 0.3) is 0 Å². The lowest BCUT2D eigenvalue weighted by Crippen LogP contribution is -2.24. The number of rotatable bonds is 12. The fourth-order valence-electron chi connectivity index (χ4n) is 2.53. The summed E-state index contributed by atoms with van der Waals surface area (Å²) in [5.41, 5.74) is 0.161. The number of nitro groups is 1. The third kappa shape index (κ3) is 7.77. The zero-order chi connectivity index (χ0) is 17.8. The van der Waals surface area contributed by atoms with Gasteiger partial charge in [0.05, 0.1) is 15.5 Å². The van der Waals surface area contributed by atoms with Gasteiger partial charge in [0.15, 0.2) is 0 Å². The predicted molar refractivity (Wildman–Crippen MR) is 97.7 cm³/mol. The molecule has 6 heteroatoms. The number of benzene rings is 1. The first-order valence-electron chi connectivity index (χ1n) is 8.78. The van der Waals surface area contributed by atoms with Crippen molar-refractivity contribution in [2.45, 2.75) is 64.7 Å². The highest BCUT2D eigenvalue weighted by molar-refractivity contribution is 6.34. The fraction of sp³-hybridized carbons (Fsp3) is 0.611. The van der Waals surface area contributed by atoms with Crippen molar-refractivity contribution >= 4 is 23.2 Å². The highest BCUT2D eigenvalue weighted by Crippen LogP contribution is 2.22. The molecule has 0 bridgehead atoms. The molecule has 1 amide bonds. The number of nitrogens with zero attached hydrogens (tertiary/aromatic N) is 1. The maximum atomic E-state index is 12.0. The lowest BCUT2D eigenvalue weighted by Gasteiger charge is -2.07. The molecule has 134 valence electrons. The number of hydrogen-bond donors (Lipinski definition) is 1. The summed E-state index contributed by atoms with van der Waals surface area (Å²) in [6.45, 7) is 2.82. The number of nitrogens with one attached hydrogen (secondary N) is 1. The summed E-state index contributed by atoms with van der Waals surface area (Å²) in [5, 5.41) is 13.6. The Morgan fingerprint density at radius 2 is 1.67 bits per heavy atom. The summed E-state index contributed by atoms with van der Waals surface area (Å²) < 4.78 is 0. The molecule has 0 saturated heterocycles. The van der Waals surface area contributed by atoms with Crippen molar-refractivity contribution in [3.8, 4) is 0 Å². The molecule has 0 unspecified atom stereocenters. The summed E-state index contributed by atoms with van der Waals surface area (Å²) in [6.07, 6.45) is 11.0. The monoisotopic (exact) mass is 354 g/mol. The average molecular weight is 355 g/mol. The van der Waals surface area contributed by atoms with Crippen LogP contribution >= 0.6 is 11.6 Å². The van der Waals surface area contributed by atoms with Crippen molar-refractivity contribution in [2.24, 2.45) is 0 Å². The molecule has 0 heterocycles. The predicted octanol–water partition coefficient (Wildman–Crippen LogP) is 5.51. The van der Waals surface area contributed by atoms with Crippen molar-refractivity contribution in [3.63, 3.8) is 0 Å². The number of carbonyl (C=O) groups is 1. The number of nitro benzene ring substituents is 1. The van der Waals surface area contributed by atoms with Crippen LogP contribution in [0.2, 0.25) is 5.02 Å². The quantitative estimate of drug-likeness (QED) is 0.305. The molecule has 1 N–H and O–H groups in total. The molecule has 0 saturated carbocycles. The number of hydrogen-bond acceptors (Lipinski definition) is 3. The van der Waals surface area contributed by atoms with Gasteiger partial charge in [0.1, 0.15) is 0 Å². The molecule has 0 atom stereocenters. The highest BCUT2D eigenvalue weighted by atomic mass is 35.5. The Labute approximate surface area is 148 Å². The fourth-order valence-corrected chi connectivity index (χ4v) is 2.80. The number of carbonyl (C=O) groups excluding carboxylic acids is 1.